The Morgan fingerprint density at radius 1 is 1.37 bits per heavy atom. The third-order valence-electron chi connectivity index (χ3n) is 4.12. The van der Waals surface area contributed by atoms with Gasteiger partial charge in [-0.05, 0) is 39.3 Å². The molecule has 4 heteroatoms. The van der Waals surface area contributed by atoms with Crippen LogP contribution >= 0.6 is 0 Å². The van der Waals surface area contributed by atoms with Crippen LogP contribution < -0.4 is 5.32 Å². The molecule has 0 aromatic rings. The summed E-state index contributed by atoms with van der Waals surface area (Å²) in [6.45, 7) is 8.18. The largest absolute Gasteiger partial charge is 0.465 e. The Bertz CT molecular complexity index is 271. The van der Waals surface area contributed by atoms with E-state index in [9.17, 15) is 4.79 Å². The van der Waals surface area contributed by atoms with Crippen molar-refractivity contribution in [3.8, 4) is 0 Å². The van der Waals surface area contributed by atoms with Gasteiger partial charge >= 0.3 is 5.97 Å². The molecule has 1 N–H and O–H groups in total. The Morgan fingerprint density at radius 2 is 2.05 bits per heavy atom. The molecule has 0 amide bonds. The molecule has 0 heterocycles. The van der Waals surface area contributed by atoms with Crippen molar-refractivity contribution < 1.29 is 9.53 Å². The van der Waals surface area contributed by atoms with Crippen LogP contribution in [-0.2, 0) is 9.53 Å². The summed E-state index contributed by atoms with van der Waals surface area (Å²) in [4.78, 5) is 14.3. The number of esters is 1. The lowest BCUT2D eigenvalue weighted by Crippen LogP contribution is -2.50. The highest BCUT2D eigenvalue weighted by molar-refractivity contribution is 5.76. The second kappa shape index (κ2) is 8.54. The summed E-state index contributed by atoms with van der Waals surface area (Å²) in [6, 6.07) is 0.397. The lowest BCUT2D eigenvalue weighted by Gasteiger charge is -2.37. The fraction of sp³-hybridized carbons (Fsp3) is 0.933. The Morgan fingerprint density at radius 3 is 2.63 bits per heavy atom. The van der Waals surface area contributed by atoms with E-state index in [2.05, 4.69) is 24.2 Å². The van der Waals surface area contributed by atoms with Gasteiger partial charge < -0.3 is 15.0 Å². The molecule has 0 bridgehead atoms. The zero-order valence-electron chi connectivity index (χ0n) is 12.9. The van der Waals surface area contributed by atoms with Gasteiger partial charge in [-0.25, -0.2) is 0 Å². The molecule has 1 saturated carbocycles. The number of carbonyl (C=O) groups is 1. The van der Waals surface area contributed by atoms with Crippen LogP contribution in [0.25, 0.3) is 0 Å². The van der Waals surface area contributed by atoms with Crippen LogP contribution in [0, 0.1) is 5.92 Å². The standard InChI is InChI=1S/C15H30N2O2/c1-5-16-13(15(18)19-6-2)11-17(4)14-10-8-7-9-12(14)3/h12-14,16H,5-11H2,1-4H3. The van der Waals surface area contributed by atoms with Gasteiger partial charge in [-0.1, -0.05) is 26.7 Å². The highest BCUT2D eigenvalue weighted by Gasteiger charge is 2.28. The Kier molecular flexibility index (Phi) is 7.39. The number of nitrogens with one attached hydrogen (secondary N) is 1. The van der Waals surface area contributed by atoms with E-state index in [-0.39, 0.29) is 12.0 Å². The maximum atomic E-state index is 11.9. The molecule has 0 aromatic heterocycles. The zero-order chi connectivity index (χ0) is 14.3. The molecule has 112 valence electrons. The summed E-state index contributed by atoms with van der Waals surface area (Å²) in [5.74, 6) is 0.600. The Labute approximate surface area is 117 Å². The number of carbonyl (C=O) groups excluding carboxylic acids is 1. The highest BCUT2D eigenvalue weighted by Crippen LogP contribution is 2.27. The summed E-state index contributed by atoms with van der Waals surface area (Å²) in [6.07, 6.45) is 5.21. The summed E-state index contributed by atoms with van der Waals surface area (Å²) in [5.41, 5.74) is 0. The molecule has 1 aliphatic carbocycles. The summed E-state index contributed by atoms with van der Waals surface area (Å²) in [7, 11) is 2.13. The van der Waals surface area contributed by atoms with Crippen molar-refractivity contribution in [2.24, 2.45) is 5.92 Å². The predicted octanol–water partition coefficient (Wildman–Crippen LogP) is 2.04. The van der Waals surface area contributed by atoms with E-state index in [1.54, 1.807) is 0 Å². The Balaban J connectivity index is 2.54. The molecule has 0 aromatic carbocycles. The number of likely N-dealkylation sites (N-methyl/N-ethyl adjacent to an activating group) is 2. The first-order chi connectivity index (χ1) is 9.10. The molecular formula is C15H30N2O2. The van der Waals surface area contributed by atoms with Gasteiger partial charge in [0.25, 0.3) is 0 Å². The average Bonchev–Trinajstić information content (AvgIpc) is 2.39. The Hall–Kier alpha value is -0.610. The van der Waals surface area contributed by atoms with E-state index in [1.165, 1.54) is 25.7 Å². The van der Waals surface area contributed by atoms with Crippen LogP contribution in [-0.4, -0.2) is 49.7 Å². The van der Waals surface area contributed by atoms with Gasteiger partial charge in [0.05, 0.1) is 6.61 Å². The fourth-order valence-corrected chi connectivity index (χ4v) is 3.09. The predicted molar refractivity (Wildman–Crippen MR) is 78.1 cm³/mol. The van der Waals surface area contributed by atoms with E-state index in [0.29, 0.717) is 12.6 Å². The van der Waals surface area contributed by atoms with E-state index < -0.39 is 0 Å². The van der Waals surface area contributed by atoms with Gasteiger partial charge in [-0.15, -0.1) is 0 Å². The molecule has 1 fully saturated rings. The molecule has 0 spiro atoms. The molecule has 4 nitrogen and oxygen atoms in total. The first-order valence-electron chi connectivity index (χ1n) is 7.70. The van der Waals surface area contributed by atoms with Crippen molar-refractivity contribution >= 4 is 5.97 Å². The maximum absolute atomic E-state index is 11.9. The third kappa shape index (κ3) is 5.11. The van der Waals surface area contributed by atoms with Crippen molar-refractivity contribution in [3.05, 3.63) is 0 Å². The van der Waals surface area contributed by atoms with E-state index in [4.69, 9.17) is 4.74 Å². The van der Waals surface area contributed by atoms with Crippen molar-refractivity contribution in [1.82, 2.24) is 10.2 Å². The van der Waals surface area contributed by atoms with E-state index in [0.717, 1.165) is 19.0 Å². The summed E-state index contributed by atoms with van der Waals surface area (Å²) >= 11 is 0. The maximum Gasteiger partial charge on any atom is 0.324 e. The zero-order valence-corrected chi connectivity index (χ0v) is 12.9. The summed E-state index contributed by atoms with van der Waals surface area (Å²) in [5, 5.41) is 3.24. The second-order valence-corrected chi connectivity index (χ2v) is 5.63. The molecule has 1 rings (SSSR count). The van der Waals surface area contributed by atoms with Gasteiger partial charge in [0, 0.05) is 12.6 Å². The number of hydrogen-bond acceptors (Lipinski definition) is 4. The molecule has 0 radical (unpaired) electrons. The molecule has 0 aliphatic heterocycles. The van der Waals surface area contributed by atoms with Gasteiger partial charge in [0.1, 0.15) is 6.04 Å². The minimum absolute atomic E-state index is 0.125. The smallest absolute Gasteiger partial charge is 0.324 e. The van der Waals surface area contributed by atoms with Gasteiger partial charge in [0.15, 0.2) is 0 Å². The van der Waals surface area contributed by atoms with Crippen molar-refractivity contribution in [2.75, 3.05) is 26.7 Å². The van der Waals surface area contributed by atoms with Crippen LogP contribution in [0.5, 0.6) is 0 Å². The number of rotatable bonds is 7. The molecule has 1 aliphatic rings. The highest BCUT2D eigenvalue weighted by atomic mass is 16.5. The van der Waals surface area contributed by atoms with E-state index in [1.807, 2.05) is 13.8 Å². The third-order valence-corrected chi connectivity index (χ3v) is 4.12. The molecule has 19 heavy (non-hydrogen) atoms. The second-order valence-electron chi connectivity index (χ2n) is 5.63. The molecule has 3 unspecified atom stereocenters. The van der Waals surface area contributed by atoms with Crippen molar-refractivity contribution in [1.29, 1.82) is 0 Å². The normalized spacial score (nSPS) is 25.3. The van der Waals surface area contributed by atoms with E-state index >= 15 is 0 Å². The minimum atomic E-state index is -0.205. The quantitative estimate of drug-likeness (QED) is 0.719. The molecule has 0 saturated heterocycles. The topological polar surface area (TPSA) is 41.6 Å². The monoisotopic (exact) mass is 270 g/mol. The molecule has 3 atom stereocenters. The first-order valence-corrected chi connectivity index (χ1v) is 7.70. The lowest BCUT2D eigenvalue weighted by molar-refractivity contribution is -0.146. The first kappa shape index (κ1) is 16.4. The fourth-order valence-electron chi connectivity index (χ4n) is 3.09. The van der Waals surface area contributed by atoms with Crippen molar-refractivity contribution in [2.45, 2.75) is 58.5 Å². The van der Waals surface area contributed by atoms with Gasteiger partial charge in [-0.3, -0.25) is 4.79 Å². The minimum Gasteiger partial charge on any atom is -0.465 e. The van der Waals surface area contributed by atoms with Crippen LogP contribution in [0.1, 0.15) is 46.5 Å². The van der Waals surface area contributed by atoms with Crippen LogP contribution in [0.3, 0.4) is 0 Å². The number of ether oxygens (including phenoxy) is 1. The van der Waals surface area contributed by atoms with Crippen molar-refractivity contribution in [3.63, 3.8) is 0 Å². The number of nitrogens with zero attached hydrogens (tertiary/aromatic N) is 1. The summed E-state index contributed by atoms with van der Waals surface area (Å²) < 4.78 is 5.14. The van der Waals surface area contributed by atoms with Crippen LogP contribution in [0.15, 0.2) is 0 Å². The SMILES string of the molecule is CCNC(CN(C)C1CCCCC1C)C(=O)OCC. The lowest BCUT2D eigenvalue weighted by atomic mass is 9.85. The van der Waals surface area contributed by atoms with Gasteiger partial charge in [-0.2, -0.15) is 0 Å². The molecular weight excluding hydrogens is 240 g/mol. The average molecular weight is 270 g/mol. The van der Waals surface area contributed by atoms with Gasteiger partial charge in [0.2, 0.25) is 0 Å². The van der Waals surface area contributed by atoms with Crippen LogP contribution in [0.4, 0.5) is 0 Å². The number of hydrogen-bond donors (Lipinski definition) is 1. The van der Waals surface area contributed by atoms with Crippen LogP contribution in [0.2, 0.25) is 0 Å².